The molecule has 2 aromatic carbocycles. The van der Waals surface area contributed by atoms with Gasteiger partial charge in [0.15, 0.2) is 5.17 Å². The van der Waals surface area contributed by atoms with Crippen LogP contribution in [0.1, 0.15) is 16.9 Å². The molecule has 1 amide bonds. The first kappa shape index (κ1) is 20.4. The van der Waals surface area contributed by atoms with Gasteiger partial charge < -0.3 is 9.52 Å². The normalized spacial score (nSPS) is 17.0. The number of phenols is 1. The summed E-state index contributed by atoms with van der Waals surface area (Å²) in [6, 6.07) is 20.1. The second-order valence-electron chi connectivity index (χ2n) is 6.59. The highest BCUT2D eigenvalue weighted by Gasteiger charge is 2.34. The molecule has 1 fully saturated rings. The Hall–Kier alpha value is -3.84. The second kappa shape index (κ2) is 9.77. The smallest absolute Gasteiger partial charge is 0.267 e. The van der Waals surface area contributed by atoms with Crippen molar-refractivity contribution >= 4 is 41.2 Å². The maximum absolute atomic E-state index is 13.0. The molecule has 0 atom stereocenters. The first-order valence-electron chi connectivity index (χ1n) is 9.54. The van der Waals surface area contributed by atoms with E-state index in [1.165, 1.54) is 16.7 Å². The minimum atomic E-state index is -0.178. The van der Waals surface area contributed by atoms with Crippen LogP contribution in [0.2, 0.25) is 0 Å². The number of furan rings is 1. The van der Waals surface area contributed by atoms with Gasteiger partial charge in [0.05, 0.1) is 17.7 Å². The summed E-state index contributed by atoms with van der Waals surface area (Å²) in [5.74, 6) is 0.649. The standard InChI is InChI=1S/C24H19N3O3S/c28-20-12-10-19(11-13-20)16-22-23(29)27(17-21-9-5-15-30-21)24(31-22)26-25-14-4-8-18-6-2-1-3-7-18/h1-16,28H,17H2/b8-4+,22-16-,25-14-,26-24+. The highest BCUT2D eigenvalue weighted by Crippen LogP contribution is 2.34. The lowest BCUT2D eigenvalue weighted by atomic mass is 10.2. The van der Waals surface area contributed by atoms with Gasteiger partial charge in [-0.05, 0) is 59.3 Å². The topological polar surface area (TPSA) is 78.4 Å². The van der Waals surface area contributed by atoms with Crippen LogP contribution >= 0.6 is 11.8 Å². The first-order chi connectivity index (χ1) is 15.2. The summed E-state index contributed by atoms with van der Waals surface area (Å²) < 4.78 is 5.40. The number of nitrogens with zero attached hydrogens (tertiary/aromatic N) is 3. The van der Waals surface area contributed by atoms with Gasteiger partial charge in [0.25, 0.3) is 5.91 Å². The molecule has 0 radical (unpaired) electrons. The zero-order chi connectivity index (χ0) is 21.5. The summed E-state index contributed by atoms with van der Waals surface area (Å²) in [5, 5.41) is 18.3. The van der Waals surface area contributed by atoms with Crippen molar-refractivity contribution in [1.82, 2.24) is 4.90 Å². The van der Waals surface area contributed by atoms with E-state index in [0.717, 1.165) is 11.1 Å². The largest absolute Gasteiger partial charge is 0.508 e. The molecule has 31 heavy (non-hydrogen) atoms. The average molecular weight is 430 g/mol. The summed E-state index contributed by atoms with van der Waals surface area (Å²) in [7, 11) is 0. The van der Waals surface area contributed by atoms with Crippen LogP contribution in [0.15, 0.2) is 98.6 Å². The number of allylic oxidation sites excluding steroid dienone is 1. The van der Waals surface area contributed by atoms with Crippen LogP contribution in [-0.2, 0) is 11.3 Å². The number of rotatable bonds is 6. The SMILES string of the molecule is O=C1/C(=C/c2ccc(O)cc2)S/C(=N/N=C\C=C\c2ccccc2)N1Cc1ccco1. The second-order valence-corrected chi connectivity index (χ2v) is 7.60. The van der Waals surface area contributed by atoms with Crippen molar-refractivity contribution in [3.05, 3.63) is 101 Å². The molecule has 1 aromatic heterocycles. The number of phenolic OH excluding ortho intramolecular Hbond substituents is 1. The number of hydrogen-bond acceptors (Lipinski definition) is 6. The molecule has 154 valence electrons. The molecule has 0 aliphatic carbocycles. The van der Waals surface area contributed by atoms with E-state index in [4.69, 9.17) is 4.42 Å². The highest BCUT2D eigenvalue weighted by atomic mass is 32.2. The number of hydrogen-bond donors (Lipinski definition) is 1. The lowest BCUT2D eigenvalue weighted by Gasteiger charge is -2.12. The van der Waals surface area contributed by atoms with Gasteiger partial charge in [-0.15, -0.1) is 5.10 Å². The summed E-state index contributed by atoms with van der Waals surface area (Å²) in [5.41, 5.74) is 1.87. The van der Waals surface area contributed by atoms with Crippen LogP contribution in [0.3, 0.4) is 0 Å². The molecule has 1 saturated heterocycles. The Morgan fingerprint density at radius 2 is 1.81 bits per heavy atom. The van der Waals surface area contributed by atoms with Gasteiger partial charge in [-0.1, -0.05) is 48.5 Å². The molecule has 1 aliphatic heterocycles. The zero-order valence-corrected chi connectivity index (χ0v) is 17.3. The summed E-state index contributed by atoms with van der Waals surface area (Å²) >= 11 is 1.25. The number of amidine groups is 1. The van der Waals surface area contributed by atoms with Crippen LogP contribution in [0.25, 0.3) is 12.2 Å². The monoisotopic (exact) mass is 429 g/mol. The number of amides is 1. The van der Waals surface area contributed by atoms with Crippen molar-refractivity contribution in [2.45, 2.75) is 6.54 Å². The van der Waals surface area contributed by atoms with Gasteiger partial charge in [0.2, 0.25) is 0 Å². The van der Waals surface area contributed by atoms with E-state index < -0.39 is 0 Å². The van der Waals surface area contributed by atoms with E-state index in [0.29, 0.717) is 15.8 Å². The van der Waals surface area contributed by atoms with E-state index in [1.807, 2.05) is 42.5 Å². The lowest BCUT2D eigenvalue weighted by molar-refractivity contribution is -0.122. The zero-order valence-electron chi connectivity index (χ0n) is 16.5. The molecule has 0 spiro atoms. The summed E-state index contributed by atoms with van der Waals surface area (Å²) in [6.45, 7) is 0.264. The van der Waals surface area contributed by atoms with Crippen LogP contribution in [0, 0.1) is 0 Å². The van der Waals surface area contributed by atoms with Gasteiger partial charge in [0.1, 0.15) is 11.5 Å². The predicted molar refractivity (Wildman–Crippen MR) is 124 cm³/mol. The van der Waals surface area contributed by atoms with E-state index in [1.54, 1.807) is 55.0 Å². The molecule has 1 N–H and O–H groups in total. The minimum Gasteiger partial charge on any atom is -0.508 e. The molecule has 2 heterocycles. The fourth-order valence-corrected chi connectivity index (χ4v) is 3.78. The third-order valence-corrected chi connectivity index (χ3v) is 5.35. The number of benzene rings is 2. The highest BCUT2D eigenvalue weighted by molar-refractivity contribution is 8.18. The van der Waals surface area contributed by atoms with Crippen LogP contribution in [0.5, 0.6) is 5.75 Å². The predicted octanol–water partition coefficient (Wildman–Crippen LogP) is 5.16. The Morgan fingerprint density at radius 1 is 1.00 bits per heavy atom. The van der Waals surface area contributed by atoms with Gasteiger partial charge >= 0.3 is 0 Å². The Kier molecular flexibility index (Phi) is 6.44. The molecule has 6 nitrogen and oxygen atoms in total. The lowest BCUT2D eigenvalue weighted by Crippen LogP contribution is -2.28. The third-order valence-electron chi connectivity index (χ3n) is 4.36. The number of thioether (sulfide) groups is 1. The van der Waals surface area contributed by atoms with Gasteiger partial charge in [0, 0.05) is 6.21 Å². The first-order valence-corrected chi connectivity index (χ1v) is 10.4. The van der Waals surface area contributed by atoms with Crippen molar-refractivity contribution in [1.29, 1.82) is 0 Å². The molecule has 0 bridgehead atoms. The van der Waals surface area contributed by atoms with E-state index in [2.05, 4.69) is 10.2 Å². The van der Waals surface area contributed by atoms with Gasteiger partial charge in [-0.25, -0.2) is 0 Å². The molecular formula is C24H19N3O3S. The van der Waals surface area contributed by atoms with Crippen molar-refractivity contribution < 1.29 is 14.3 Å². The number of aromatic hydroxyl groups is 1. The van der Waals surface area contributed by atoms with E-state index in [-0.39, 0.29) is 18.2 Å². The van der Waals surface area contributed by atoms with Crippen molar-refractivity contribution in [3.8, 4) is 5.75 Å². The van der Waals surface area contributed by atoms with E-state index >= 15 is 0 Å². The number of carbonyl (C=O) groups is 1. The molecule has 0 unspecified atom stereocenters. The summed E-state index contributed by atoms with van der Waals surface area (Å²) in [6.07, 6.45) is 8.64. The molecular weight excluding hydrogens is 410 g/mol. The molecule has 3 aromatic rings. The fourth-order valence-electron chi connectivity index (χ4n) is 2.84. The third kappa shape index (κ3) is 5.40. The molecule has 7 heteroatoms. The molecule has 0 saturated carbocycles. The van der Waals surface area contributed by atoms with Crippen LogP contribution < -0.4 is 0 Å². The Balaban J connectivity index is 1.54. The number of carbonyl (C=O) groups excluding carboxylic acids is 1. The molecule has 4 rings (SSSR count). The van der Waals surface area contributed by atoms with Crippen molar-refractivity contribution in [3.63, 3.8) is 0 Å². The molecule has 1 aliphatic rings. The van der Waals surface area contributed by atoms with Crippen molar-refractivity contribution in [2.24, 2.45) is 10.2 Å². The minimum absolute atomic E-state index is 0.173. The maximum Gasteiger partial charge on any atom is 0.267 e. The average Bonchev–Trinajstić information content (AvgIpc) is 3.40. The van der Waals surface area contributed by atoms with Crippen LogP contribution in [-0.4, -0.2) is 27.3 Å². The van der Waals surface area contributed by atoms with Gasteiger partial charge in [-0.3, -0.25) is 9.69 Å². The maximum atomic E-state index is 13.0. The van der Waals surface area contributed by atoms with Gasteiger partial charge in [-0.2, -0.15) is 5.10 Å². The Morgan fingerprint density at radius 3 is 2.55 bits per heavy atom. The Bertz CT molecular complexity index is 1150. The van der Waals surface area contributed by atoms with E-state index in [9.17, 15) is 9.90 Å². The Labute approximate surface area is 183 Å². The van der Waals surface area contributed by atoms with Crippen LogP contribution in [0.4, 0.5) is 0 Å². The summed E-state index contributed by atoms with van der Waals surface area (Å²) in [4.78, 5) is 15.0. The quantitative estimate of drug-likeness (QED) is 0.334. The van der Waals surface area contributed by atoms with Crippen molar-refractivity contribution in [2.75, 3.05) is 0 Å². The fraction of sp³-hybridized carbons (Fsp3) is 0.0417.